The Morgan fingerprint density at radius 2 is 0.917 bits per heavy atom. The van der Waals surface area contributed by atoms with Gasteiger partial charge in [-0.2, -0.15) is 0 Å². The van der Waals surface area contributed by atoms with E-state index in [0.29, 0.717) is 5.82 Å². The van der Waals surface area contributed by atoms with Gasteiger partial charge in [0.15, 0.2) is 5.82 Å². The van der Waals surface area contributed by atoms with Crippen LogP contribution in [0.3, 0.4) is 0 Å². The number of nitrogens with zero attached hydrogens (tertiary/aromatic N) is 4. The Balaban J connectivity index is 1.05. The molecule has 0 spiro atoms. The smallest absolute Gasteiger partial charge is 0.161 e. The third-order valence-corrected chi connectivity index (χ3v) is 11.9. The van der Waals surface area contributed by atoms with Gasteiger partial charge in [0.25, 0.3) is 0 Å². The summed E-state index contributed by atoms with van der Waals surface area (Å²) < 4.78 is 4.86. The first kappa shape index (κ1) is 34.0. The first-order valence-corrected chi connectivity index (χ1v) is 20.4. The number of benzene rings is 9. The Labute approximate surface area is 346 Å². The van der Waals surface area contributed by atoms with Crippen LogP contribution in [0.2, 0.25) is 0 Å². The molecule has 0 aliphatic rings. The molecule has 0 fully saturated rings. The molecule has 0 N–H and O–H groups in total. The zero-order chi connectivity index (χ0) is 39.6. The van der Waals surface area contributed by atoms with Gasteiger partial charge in [-0.3, -0.25) is 0 Å². The van der Waals surface area contributed by atoms with Crippen LogP contribution in [0.25, 0.3) is 111 Å². The summed E-state index contributed by atoms with van der Waals surface area (Å²) in [4.78, 5) is 10.5. The Kier molecular flexibility index (Phi) is 7.82. The highest BCUT2D eigenvalue weighted by molar-refractivity contribution is 6.26. The standard InChI is InChI=1S/C56H36N4/c1-4-16-37(17-5-1)39-20-14-22-41(34-39)50-36-49(38-18-6-2-7-19-38)57-56(58-50)47-27-15-21-40-35-43(30-31-44(40)47)59-52-29-13-11-26-48(52)54-53(59)33-32-46-45-25-10-12-28-51(45)60(55(46)54)42-23-8-3-9-24-42/h1-36H. The summed E-state index contributed by atoms with van der Waals surface area (Å²) in [5.41, 5.74) is 14.2. The number of hydrogen-bond donors (Lipinski definition) is 0. The van der Waals surface area contributed by atoms with E-state index in [1.54, 1.807) is 0 Å². The molecule has 3 aromatic heterocycles. The first-order valence-electron chi connectivity index (χ1n) is 20.4. The van der Waals surface area contributed by atoms with E-state index in [2.05, 4.69) is 221 Å². The van der Waals surface area contributed by atoms with Crippen LogP contribution in [0.1, 0.15) is 0 Å². The van der Waals surface area contributed by atoms with Gasteiger partial charge in [0, 0.05) is 49.6 Å². The molecule has 0 radical (unpaired) electrons. The van der Waals surface area contributed by atoms with Crippen molar-refractivity contribution >= 4 is 54.4 Å². The maximum Gasteiger partial charge on any atom is 0.161 e. The van der Waals surface area contributed by atoms with Crippen molar-refractivity contribution < 1.29 is 0 Å². The van der Waals surface area contributed by atoms with Gasteiger partial charge in [0.1, 0.15) is 0 Å². The lowest BCUT2D eigenvalue weighted by molar-refractivity contribution is 1.17. The minimum Gasteiger partial charge on any atom is -0.309 e. The van der Waals surface area contributed by atoms with Crippen LogP contribution in [0, 0.1) is 0 Å². The van der Waals surface area contributed by atoms with Crippen molar-refractivity contribution in [1.82, 2.24) is 19.1 Å². The van der Waals surface area contributed by atoms with E-state index in [4.69, 9.17) is 9.97 Å². The monoisotopic (exact) mass is 764 g/mol. The molecule has 0 aliphatic carbocycles. The van der Waals surface area contributed by atoms with Gasteiger partial charge in [-0.05, 0) is 76.5 Å². The molecule has 0 saturated carbocycles. The molecule has 0 saturated heterocycles. The summed E-state index contributed by atoms with van der Waals surface area (Å²) in [6, 6.07) is 77.8. The highest BCUT2D eigenvalue weighted by Gasteiger charge is 2.21. The number of aromatic nitrogens is 4. The molecule has 3 heterocycles. The van der Waals surface area contributed by atoms with Gasteiger partial charge in [0.05, 0.1) is 33.5 Å². The molecule has 0 bridgehead atoms. The molecule has 0 aliphatic heterocycles. The largest absolute Gasteiger partial charge is 0.309 e. The minimum absolute atomic E-state index is 0.697. The van der Waals surface area contributed by atoms with E-state index in [1.165, 1.54) is 49.2 Å². The van der Waals surface area contributed by atoms with Crippen LogP contribution in [0.4, 0.5) is 0 Å². The van der Waals surface area contributed by atoms with Crippen molar-refractivity contribution in [2.45, 2.75) is 0 Å². The van der Waals surface area contributed by atoms with E-state index < -0.39 is 0 Å². The van der Waals surface area contributed by atoms with Crippen molar-refractivity contribution in [3.05, 3.63) is 218 Å². The summed E-state index contributed by atoms with van der Waals surface area (Å²) in [7, 11) is 0. The Morgan fingerprint density at radius 1 is 0.317 bits per heavy atom. The number of fused-ring (bicyclic) bond motifs is 8. The second-order valence-corrected chi connectivity index (χ2v) is 15.4. The van der Waals surface area contributed by atoms with Crippen molar-refractivity contribution in [2.24, 2.45) is 0 Å². The quantitative estimate of drug-likeness (QED) is 0.169. The van der Waals surface area contributed by atoms with Crippen LogP contribution in [0.5, 0.6) is 0 Å². The highest BCUT2D eigenvalue weighted by Crippen LogP contribution is 2.42. The lowest BCUT2D eigenvalue weighted by Gasteiger charge is -2.13. The van der Waals surface area contributed by atoms with E-state index in [-0.39, 0.29) is 0 Å². The van der Waals surface area contributed by atoms with Crippen molar-refractivity contribution in [2.75, 3.05) is 0 Å². The second kappa shape index (κ2) is 13.8. The molecule has 0 amide bonds. The van der Waals surface area contributed by atoms with Gasteiger partial charge < -0.3 is 9.13 Å². The van der Waals surface area contributed by atoms with Crippen LogP contribution >= 0.6 is 0 Å². The third-order valence-electron chi connectivity index (χ3n) is 11.9. The Morgan fingerprint density at radius 3 is 1.70 bits per heavy atom. The molecular weight excluding hydrogens is 729 g/mol. The summed E-state index contributed by atoms with van der Waals surface area (Å²) in [6.07, 6.45) is 0. The maximum atomic E-state index is 5.30. The van der Waals surface area contributed by atoms with E-state index >= 15 is 0 Å². The van der Waals surface area contributed by atoms with Crippen LogP contribution < -0.4 is 0 Å². The summed E-state index contributed by atoms with van der Waals surface area (Å²) in [6.45, 7) is 0. The number of rotatable bonds is 6. The molecule has 9 aromatic carbocycles. The average molecular weight is 765 g/mol. The first-order chi connectivity index (χ1) is 29.8. The lowest BCUT2D eigenvalue weighted by Crippen LogP contribution is -1.98. The van der Waals surface area contributed by atoms with Gasteiger partial charge in [-0.15, -0.1) is 0 Å². The summed E-state index contributed by atoms with van der Waals surface area (Å²) >= 11 is 0. The third kappa shape index (κ3) is 5.46. The topological polar surface area (TPSA) is 35.6 Å². The van der Waals surface area contributed by atoms with E-state index in [0.717, 1.165) is 55.8 Å². The zero-order valence-corrected chi connectivity index (χ0v) is 32.6. The molecule has 12 aromatic rings. The fourth-order valence-electron chi connectivity index (χ4n) is 9.20. The van der Waals surface area contributed by atoms with Gasteiger partial charge in [-0.25, -0.2) is 9.97 Å². The van der Waals surface area contributed by atoms with Crippen LogP contribution in [0.15, 0.2) is 218 Å². The van der Waals surface area contributed by atoms with Crippen molar-refractivity contribution in [3.8, 4) is 56.4 Å². The van der Waals surface area contributed by atoms with E-state index in [1.807, 2.05) is 6.07 Å². The fraction of sp³-hybridized carbons (Fsp3) is 0. The maximum absolute atomic E-state index is 5.30. The predicted octanol–water partition coefficient (Wildman–Crippen LogP) is 14.5. The van der Waals surface area contributed by atoms with Gasteiger partial charge in [0.2, 0.25) is 0 Å². The molecule has 0 atom stereocenters. The fourth-order valence-corrected chi connectivity index (χ4v) is 9.20. The molecule has 4 heteroatoms. The minimum atomic E-state index is 0.697. The molecule has 60 heavy (non-hydrogen) atoms. The van der Waals surface area contributed by atoms with Crippen molar-refractivity contribution in [1.29, 1.82) is 0 Å². The SMILES string of the molecule is c1ccc(-c2cccc(-c3cc(-c4ccccc4)nc(-c4cccc5cc(-n6c7ccccc7c7c6ccc6c8ccccc8n(-c8ccccc8)c67)ccc45)n3)c2)cc1. The second-order valence-electron chi connectivity index (χ2n) is 15.4. The van der Waals surface area contributed by atoms with Gasteiger partial charge in [-0.1, -0.05) is 164 Å². The van der Waals surface area contributed by atoms with Gasteiger partial charge >= 0.3 is 0 Å². The molecular formula is C56H36N4. The van der Waals surface area contributed by atoms with E-state index in [9.17, 15) is 0 Å². The molecule has 12 rings (SSSR count). The van der Waals surface area contributed by atoms with Crippen LogP contribution in [-0.2, 0) is 0 Å². The zero-order valence-electron chi connectivity index (χ0n) is 32.6. The molecule has 0 unspecified atom stereocenters. The van der Waals surface area contributed by atoms with Crippen molar-refractivity contribution in [3.63, 3.8) is 0 Å². The number of para-hydroxylation sites is 3. The highest BCUT2D eigenvalue weighted by atomic mass is 15.0. The predicted molar refractivity (Wildman–Crippen MR) is 250 cm³/mol. The average Bonchev–Trinajstić information content (AvgIpc) is 3.85. The lowest BCUT2D eigenvalue weighted by atomic mass is 10.00. The Bertz CT molecular complexity index is 3580. The number of hydrogen-bond acceptors (Lipinski definition) is 2. The molecule has 280 valence electrons. The normalized spacial score (nSPS) is 11.7. The van der Waals surface area contributed by atoms with Crippen LogP contribution in [-0.4, -0.2) is 19.1 Å². The Hall–Kier alpha value is -8.08. The molecule has 4 nitrogen and oxygen atoms in total. The summed E-state index contributed by atoms with van der Waals surface area (Å²) in [5, 5.41) is 7.18. The summed E-state index contributed by atoms with van der Waals surface area (Å²) in [5.74, 6) is 0.697.